The molecular weight excluding hydrogens is 411 g/mol. The van der Waals surface area contributed by atoms with Crippen molar-refractivity contribution in [3.05, 3.63) is 92.6 Å². The monoisotopic (exact) mass is 424 g/mol. The first-order valence-electron chi connectivity index (χ1n) is 8.63. The maximum atomic E-state index is 13.0. The third-order valence-corrected chi connectivity index (χ3v) is 4.98. The van der Waals surface area contributed by atoms with Crippen LogP contribution in [0.4, 0.5) is 5.69 Å². The van der Waals surface area contributed by atoms with Crippen molar-refractivity contribution in [3.8, 4) is 5.69 Å². The highest BCUT2D eigenvalue weighted by molar-refractivity contribution is 6.39. The van der Waals surface area contributed by atoms with Gasteiger partial charge in [0.05, 0.1) is 21.1 Å². The molecule has 0 saturated heterocycles. The molecule has 3 aromatic heterocycles. The van der Waals surface area contributed by atoms with E-state index < -0.39 is 11.3 Å². The van der Waals surface area contributed by atoms with Crippen LogP contribution in [0.1, 0.15) is 15.9 Å². The Kier molecular flexibility index (Phi) is 5.05. The largest absolute Gasteiger partial charge is 0.319 e. The number of carbonyl (C=O) groups is 1. The van der Waals surface area contributed by atoms with Gasteiger partial charge >= 0.3 is 0 Å². The summed E-state index contributed by atoms with van der Waals surface area (Å²) in [7, 11) is 0. The van der Waals surface area contributed by atoms with Gasteiger partial charge in [0, 0.05) is 30.5 Å². The lowest BCUT2D eigenvalue weighted by molar-refractivity contribution is 0.102. The lowest BCUT2D eigenvalue weighted by Gasteiger charge is -2.14. The van der Waals surface area contributed by atoms with E-state index in [-0.39, 0.29) is 21.3 Å². The number of hydrogen-bond donors (Lipinski definition) is 1. The predicted octanol–water partition coefficient (Wildman–Crippen LogP) is 4.65. The summed E-state index contributed by atoms with van der Waals surface area (Å²) in [6, 6.07) is 11.0. The molecule has 4 rings (SSSR count). The SMILES string of the molecule is Cc1ccc(-n2cc(C(=O)Nc3c(Cl)cncc3Cl)c(=O)c3cccnc32)cc1. The van der Waals surface area contributed by atoms with Gasteiger partial charge in [-0.2, -0.15) is 0 Å². The molecule has 0 aliphatic rings. The van der Waals surface area contributed by atoms with E-state index >= 15 is 0 Å². The van der Waals surface area contributed by atoms with Crippen LogP contribution in [-0.2, 0) is 0 Å². The van der Waals surface area contributed by atoms with Crippen molar-refractivity contribution in [1.82, 2.24) is 14.5 Å². The van der Waals surface area contributed by atoms with E-state index in [9.17, 15) is 9.59 Å². The number of amides is 1. The number of carbonyl (C=O) groups excluding carboxylic acids is 1. The first-order chi connectivity index (χ1) is 14.0. The highest BCUT2D eigenvalue weighted by Gasteiger charge is 2.19. The number of pyridine rings is 3. The van der Waals surface area contributed by atoms with E-state index in [1.165, 1.54) is 18.6 Å². The molecule has 0 aliphatic heterocycles. The van der Waals surface area contributed by atoms with Crippen molar-refractivity contribution >= 4 is 45.8 Å². The van der Waals surface area contributed by atoms with Crippen LogP contribution in [0.25, 0.3) is 16.7 Å². The molecule has 0 fully saturated rings. The minimum absolute atomic E-state index is 0.0602. The molecule has 0 bridgehead atoms. The second-order valence-electron chi connectivity index (χ2n) is 6.38. The summed E-state index contributed by atoms with van der Waals surface area (Å²) in [6.45, 7) is 1.98. The summed E-state index contributed by atoms with van der Waals surface area (Å²) in [5.74, 6) is -0.628. The number of halogens is 2. The predicted molar refractivity (Wildman–Crippen MR) is 114 cm³/mol. The standard InChI is InChI=1S/C21H14Cl2N4O2/c1-12-4-6-13(7-5-12)27-11-15(19(28)14-3-2-8-25-20(14)27)21(29)26-18-16(22)9-24-10-17(18)23/h2-11H,1H3,(H,24,26,29). The van der Waals surface area contributed by atoms with Gasteiger partial charge in [-0.25, -0.2) is 4.98 Å². The van der Waals surface area contributed by atoms with Gasteiger partial charge in [-0.3, -0.25) is 14.6 Å². The second kappa shape index (κ2) is 7.66. The van der Waals surface area contributed by atoms with Gasteiger partial charge in [-0.15, -0.1) is 0 Å². The third kappa shape index (κ3) is 3.60. The van der Waals surface area contributed by atoms with Crippen molar-refractivity contribution in [1.29, 1.82) is 0 Å². The first-order valence-corrected chi connectivity index (χ1v) is 9.39. The number of anilines is 1. The van der Waals surface area contributed by atoms with Crippen LogP contribution < -0.4 is 10.7 Å². The Morgan fingerprint density at radius 2 is 1.76 bits per heavy atom. The average molecular weight is 425 g/mol. The minimum Gasteiger partial charge on any atom is -0.319 e. The molecule has 3 heterocycles. The van der Waals surface area contributed by atoms with Crippen LogP contribution in [0.15, 0.2) is 66.0 Å². The minimum atomic E-state index is -0.628. The third-order valence-electron chi connectivity index (χ3n) is 4.41. The summed E-state index contributed by atoms with van der Waals surface area (Å²) in [5.41, 5.74) is 2.02. The van der Waals surface area contributed by atoms with Gasteiger partial charge in [0.2, 0.25) is 5.43 Å². The quantitative estimate of drug-likeness (QED) is 0.519. The molecule has 0 spiro atoms. The van der Waals surface area contributed by atoms with Gasteiger partial charge in [-0.05, 0) is 31.2 Å². The molecule has 144 valence electrons. The smallest absolute Gasteiger partial charge is 0.261 e. The molecule has 0 unspecified atom stereocenters. The molecule has 29 heavy (non-hydrogen) atoms. The van der Waals surface area contributed by atoms with Gasteiger partial charge < -0.3 is 9.88 Å². The Hall–Kier alpha value is -3.22. The molecule has 1 N–H and O–H groups in total. The van der Waals surface area contributed by atoms with Crippen LogP contribution in [-0.4, -0.2) is 20.4 Å². The van der Waals surface area contributed by atoms with E-state index in [0.29, 0.717) is 11.0 Å². The van der Waals surface area contributed by atoms with Crippen LogP contribution in [0.2, 0.25) is 10.0 Å². The fourth-order valence-electron chi connectivity index (χ4n) is 2.94. The van der Waals surface area contributed by atoms with Gasteiger partial charge in [0.15, 0.2) is 0 Å². The topological polar surface area (TPSA) is 76.9 Å². The summed E-state index contributed by atoms with van der Waals surface area (Å²) in [6.07, 6.45) is 5.79. The Morgan fingerprint density at radius 1 is 1.07 bits per heavy atom. The van der Waals surface area contributed by atoms with Crippen molar-refractivity contribution in [2.75, 3.05) is 5.32 Å². The van der Waals surface area contributed by atoms with Gasteiger partial charge in [-0.1, -0.05) is 40.9 Å². The Balaban J connectivity index is 1.89. The fraction of sp³-hybridized carbons (Fsp3) is 0.0476. The molecule has 6 nitrogen and oxygen atoms in total. The van der Waals surface area contributed by atoms with Crippen LogP contribution in [0.5, 0.6) is 0 Å². The van der Waals surface area contributed by atoms with Crippen LogP contribution in [0, 0.1) is 6.92 Å². The normalized spacial score (nSPS) is 10.9. The summed E-state index contributed by atoms with van der Waals surface area (Å²) >= 11 is 12.2. The highest BCUT2D eigenvalue weighted by atomic mass is 35.5. The van der Waals surface area contributed by atoms with Crippen LogP contribution >= 0.6 is 23.2 Å². The molecule has 0 saturated carbocycles. The van der Waals surface area contributed by atoms with Crippen molar-refractivity contribution in [2.45, 2.75) is 6.92 Å². The zero-order chi connectivity index (χ0) is 20.5. The van der Waals surface area contributed by atoms with E-state index in [4.69, 9.17) is 23.2 Å². The summed E-state index contributed by atoms with van der Waals surface area (Å²) < 4.78 is 1.71. The lowest BCUT2D eigenvalue weighted by atomic mass is 10.1. The number of hydrogen-bond acceptors (Lipinski definition) is 4. The average Bonchev–Trinajstić information content (AvgIpc) is 2.72. The highest BCUT2D eigenvalue weighted by Crippen LogP contribution is 2.29. The zero-order valence-electron chi connectivity index (χ0n) is 15.2. The number of nitrogens with zero attached hydrogens (tertiary/aromatic N) is 3. The molecular formula is C21H14Cl2N4O2. The van der Waals surface area contributed by atoms with Gasteiger partial charge in [0.1, 0.15) is 11.2 Å². The number of fused-ring (bicyclic) bond motifs is 1. The molecule has 0 atom stereocenters. The van der Waals surface area contributed by atoms with Gasteiger partial charge in [0.25, 0.3) is 5.91 Å². The van der Waals surface area contributed by atoms with Crippen molar-refractivity contribution < 1.29 is 4.79 Å². The molecule has 1 aromatic carbocycles. The maximum absolute atomic E-state index is 13.0. The van der Waals surface area contributed by atoms with Crippen LogP contribution in [0.3, 0.4) is 0 Å². The van der Waals surface area contributed by atoms with E-state index in [0.717, 1.165) is 11.3 Å². The molecule has 4 aromatic rings. The molecule has 1 amide bonds. The Labute approximate surface area is 175 Å². The van der Waals surface area contributed by atoms with E-state index in [2.05, 4.69) is 15.3 Å². The molecule has 0 aliphatic carbocycles. The van der Waals surface area contributed by atoms with Crippen molar-refractivity contribution in [2.24, 2.45) is 0 Å². The zero-order valence-corrected chi connectivity index (χ0v) is 16.7. The van der Waals surface area contributed by atoms with Crippen molar-refractivity contribution in [3.63, 3.8) is 0 Å². The number of benzene rings is 1. The van der Waals surface area contributed by atoms with E-state index in [1.807, 2.05) is 31.2 Å². The number of aryl methyl sites for hydroxylation is 1. The Bertz CT molecular complexity index is 1280. The second-order valence-corrected chi connectivity index (χ2v) is 7.20. The number of nitrogens with one attached hydrogen (secondary N) is 1. The maximum Gasteiger partial charge on any atom is 0.261 e. The Morgan fingerprint density at radius 3 is 2.45 bits per heavy atom. The summed E-state index contributed by atoms with van der Waals surface area (Å²) in [4.78, 5) is 34.1. The number of aromatic nitrogens is 3. The first kappa shape index (κ1) is 19.1. The fourth-order valence-corrected chi connectivity index (χ4v) is 3.39. The molecule has 0 radical (unpaired) electrons. The van der Waals surface area contributed by atoms with E-state index in [1.54, 1.807) is 22.9 Å². The lowest BCUT2D eigenvalue weighted by Crippen LogP contribution is -2.24. The number of rotatable bonds is 3. The molecule has 8 heteroatoms. The summed E-state index contributed by atoms with van der Waals surface area (Å²) in [5, 5.41) is 3.28.